The van der Waals surface area contributed by atoms with Crippen LogP contribution in [-0.4, -0.2) is 55.4 Å². The summed E-state index contributed by atoms with van der Waals surface area (Å²) in [5.74, 6) is -0.303. The van der Waals surface area contributed by atoms with E-state index < -0.39 is 5.97 Å². The van der Waals surface area contributed by atoms with Crippen LogP contribution in [0.1, 0.15) is 28.3 Å². The third kappa shape index (κ3) is 4.33. The summed E-state index contributed by atoms with van der Waals surface area (Å²) in [6.45, 7) is 7.95. The first-order chi connectivity index (χ1) is 9.66. The van der Waals surface area contributed by atoms with Crippen LogP contribution >= 0.6 is 0 Å². The fraction of sp³-hybridized carbons (Fsp3) is 0.643. The molecule has 0 aromatic carbocycles. The molecule has 1 saturated heterocycles. The number of furan rings is 1. The van der Waals surface area contributed by atoms with Crippen molar-refractivity contribution in [2.24, 2.45) is 0 Å². The van der Waals surface area contributed by atoms with Crippen molar-refractivity contribution >= 4 is 5.97 Å². The molecule has 0 unspecified atom stereocenters. The molecule has 6 heteroatoms. The maximum atomic E-state index is 10.9. The standard InChI is InChI=1S/C14H22N2O4/c1-11-9-12(20-13(11)14(17)18)10-15-3-2-4-16-5-7-19-8-6-16/h9,15H,2-8,10H2,1H3,(H,17,18). The minimum atomic E-state index is -1.01. The lowest BCUT2D eigenvalue weighted by atomic mass is 10.2. The lowest BCUT2D eigenvalue weighted by molar-refractivity contribution is 0.0374. The Morgan fingerprint density at radius 2 is 2.20 bits per heavy atom. The van der Waals surface area contributed by atoms with Gasteiger partial charge in [0, 0.05) is 18.7 Å². The first-order valence-corrected chi connectivity index (χ1v) is 7.00. The van der Waals surface area contributed by atoms with Crippen molar-refractivity contribution in [3.05, 3.63) is 23.2 Å². The molecule has 1 fully saturated rings. The van der Waals surface area contributed by atoms with Gasteiger partial charge in [0.25, 0.3) is 0 Å². The van der Waals surface area contributed by atoms with Gasteiger partial charge < -0.3 is 19.6 Å². The summed E-state index contributed by atoms with van der Waals surface area (Å²) in [5.41, 5.74) is 0.669. The normalized spacial score (nSPS) is 16.4. The predicted molar refractivity (Wildman–Crippen MR) is 74.0 cm³/mol. The molecule has 0 atom stereocenters. The zero-order valence-corrected chi connectivity index (χ0v) is 11.9. The topological polar surface area (TPSA) is 74.9 Å². The zero-order valence-electron chi connectivity index (χ0n) is 11.9. The van der Waals surface area contributed by atoms with Crippen LogP contribution < -0.4 is 5.32 Å². The quantitative estimate of drug-likeness (QED) is 0.729. The number of morpholine rings is 1. The van der Waals surface area contributed by atoms with Crippen molar-refractivity contribution in [2.45, 2.75) is 19.9 Å². The molecule has 2 heterocycles. The average Bonchev–Trinajstić information content (AvgIpc) is 2.81. The smallest absolute Gasteiger partial charge is 0.372 e. The Bertz CT molecular complexity index is 438. The Morgan fingerprint density at radius 3 is 2.85 bits per heavy atom. The Morgan fingerprint density at radius 1 is 1.45 bits per heavy atom. The molecule has 0 spiro atoms. The molecule has 0 radical (unpaired) electrons. The number of ether oxygens (including phenoxy) is 1. The lowest BCUT2D eigenvalue weighted by Gasteiger charge is -2.26. The molecule has 0 saturated carbocycles. The number of rotatable bonds is 7. The average molecular weight is 282 g/mol. The minimum Gasteiger partial charge on any atom is -0.475 e. The number of carboxylic acids is 1. The zero-order chi connectivity index (χ0) is 14.4. The fourth-order valence-electron chi connectivity index (χ4n) is 2.31. The summed E-state index contributed by atoms with van der Waals surface area (Å²) in [7, 11) is 0. The first-order valence-electron chi connectivity index (χ1n) is 7.00. The number of carbonyl (C=O) groups is 1. The number of aromatic carboxylic acids is 1. The SMILES string of the molecule is Cc1cc(CNCCCN2CCOCC2)oc1C(=O)O. The van der Waals surface area contributed by atoms with Gasteiger partial charge in [-0.1, -0.05) is 0 Å². The monoisotopic (exact) mass is 282 g/mol. The van der Waals surface area contributed by atoms with Crippen LogP contribution in [-0.2, 0) is 11.3 Å². The summed E-state index contributed by atoms with van der Waals surface area (Å²) in [5, 5.41) is 12.2. The third-order valence-corrected chi connectivity index (χ3v) is 3.39. The van der Waals surface area contributed by atoms with Gasteiger partial charge in [-0.15, -0.1) is 0 Å². The van der Waals surface area contributed by atoms with E-state index in [0.29, 0.717) is 17.9 Å². The fourth-order valence-corrected chi connectivity index (χ4v) is 2.31. The molecule has 2 N–H and O–H groups in total. The van der Waals surface area contributed by atoms with Gasteiger partial charge in [0.05, 0.1) is 19.8 Å². The highest BCUT2D eigenvalue weighted by Crippen LogP contribution is 2.14. The summed E-state index contributed by atoms with van der Waals surface area (Å²) in [6.07, 6.45) is 1.06. The summed E-state index contributed by atoms with van der Waals surface area (Å²) < 4.78 is 10.6. The van der Waals surface area contributed by atoms with E-state index >= 15 is 0 Å². The molecular formula is C14H22N2O4. The van der Waals surface area contributed by atoms with Crippen molar-refractivity contribution in [3.8, 4) is 0 Å². The van der Waals surface area contributed by atoms with Gasteiger partial charge in [-0.25, -0.2) is 4.79 Å². The van der Waals surface area contributed by atoms with Gasteiger partial charge in [-0.2, -0.15) is 0 Å². The lowest BCUT2D eigenvalue weighted by Crippen LogP contribution is -2.37. The summed E-state index contributed by atoms with van der Waals surface area (Å²) in [6, 6.07) is 1.78. The largest absolute Gasteiger partial charge is 0.475 e. The number of hydrogen-bond donors (Lipinski definition) is 2. The van der Waals surface area contributed by atoms with E-state index in [1.54, 1.807) is 13.0 Å². The second-order valence-electron chi connectivity index (χ2n) is 5.01. The third-order valence-electron chi connectivity index (χ3n) is 3.39. The molecule has 1 aromatic rings. The summed E-state index contributed by atoms with van der Waals surface area (Å²) in [4.78, 5) is 13.3. The van der Waals surface area contributed by atoms with Crippen molar-refractivity contribution < 1.29 is 19.1 Å². The second-order valence-corrected chi connectivity index (χ2v) is 5.01. The number of carboxylic acid groups (broad SMARTS) is 1. The van der Waals surface area contributed by atoms with E-state index in [-0.39, 0.29) is 5.76 Å². The molecule has 1 aliphatic rings. The highest BCUT2D eigenvalue weighted by atomic mass is 16.5. The number of hydrogen-bond acceptors (Lipinski definition) is 5. The number of aryl methyl sites for hydroxylation is 1. The van der Waals surface area contributed by atoms with Gasteiger partial charge in [0.1, 0.15) is 5.76 Å². The van der Waals surface area contributed by atoms with Crippen LogP contribution in [0.5, 0.6) is 0 Å². The number of nitrogens with zero attached hydrogens (tertiary/aromatic N) is 1. The predicted octanol–water partition coefficient (Wildman–Crippen LogP) is 1.10. The Labute approximate surface area is 118 Å². The number of nitrogens with one attached hydrogen (secondary N) is 1. The molecule has 6 nitrogen and oxygen atoms in total. The van der Waals surface area contributed by atoms with E-state index in [4.69, 9.17) is 14.3 Å². The molecule has 20 heavy (non-hydrogen) atoms. The van der Waals surface area contributed by atoms with Crippen LogP contribution in [0.25, 0.3) is 0 Å². The van der Waals surface area contributed by atoms with Crippen molar-refractivity contribution in [1.82, 2.24) is 10.2 Å². The van der Waals surface area contributed by atoms with Gasteiger partial charge in [0.2, 0.25) is 5.76 Å². The molecule has 112 valence electrons. The van der Waals surface area contributed by atoms with Gasteiger partial charge >= 0.3 is 5.97 Å². The summed E-state index contributed by atoms with van der Waals surface area (Å²) >= 11 is 0. The molecule has 0 amide bonds. The van der Waals surface area contributed by atoms with Crippen molar-refractivity contribution in [2.75, 3.05) is 39.4 Å². The molecule has 1 aliphatic heterocycles. The van der Waals surface area contributed by atoms with Gasteiger partial charge in [-0.05, 0) is 32.5 Å². The molecule has 0 bridgehead atoms. The van der Waals surface area contributed by atoms with E-state index in [9.17, 15) is 4.79 Å². The molecule has 2 rings (SSSR count). The molecule has 1 aromatic heterocycles. The minimum absolute atomic E-state index is 0.0371. The van der Waals surface area contributed by atoms with Gasteiger partial charge in [-0.3, -0.25) is 4.90 Å². The van der Waals surface area contributed by atoms with Crippen LogP contribution in [0.4, 0.5) is 0 Å². The van der Waals surface area contributed by atoms with E-state index in [1.807, 2.05) is 0 Å². The highest BCUT2D eigenvalue weighted by molar-refractivity contribution is 5.86. The molecular weight excluding hydrogens is 260 g/mol. The van der Waals surface area contributed by atoms with Crippen LogP contribution in [0.2, 0.25) is 0 Å². The van der Waals surface area contributed by atoms with Crippen molar-refractivity contribution in [3.63, 3.8) is 0 Å². The maximum Gasteiger partial charge on any atom is 0.372 e. The first kappa shape index (κ1) is 15.0. The maximum absolute atomic E-state index is 10.9. The molecule has 0 aliphatic carbocycles. The van der Waals surface area contributed by atoms with Crippen LogP contribution in [0.3, 0.4) is 0 Å². The van der Waals surface area contributed by atoms with Gasteiger partial charge in [0.15, 0.2) is 0 Å². The Hall–Kier alpha value is -1.37. The Balaban J connectivity index is 1.63. The Kier molecular flexibility index (Phi) is 5.58. The highest BCUT2D eigenvalue weighted by Gasteiger charge is 2.14. The van der Waals surface area contributed by atoms with E-state index in [2.05, 4.69) is 10.2 Å². The van der Waals surface area contributed by atoms with Crippen LogP contribution in [0.15, 0.2) is 10.5 Å². The van der Waals surface area contributed by atoms with Crippen LogP contribution in [0, 0.1) is 6.92 Å². The van der Waals surface area contributed by atoms with E-state index in [0.717, 1.165) is 45.8 Å². The second kappa shape index (κ2) is 7.42. The van der Waals surface area contributed by atoms with E-state index in [1.165, 1.54) is 0 Å². The van der Waals surface area contributed by atoms with Crippen molar-refractivity contribution in [1.29, 1.82) is 0 Å².